The largest absolute Gasteiger partial charge is 0.444 e. The van der Waals surface area contributed by atoms with Gasteiger partial charge in [-0.3, -0.25) is 4.79 Å². The monoisotopic (exact) mass is 380 g/mol. The van der Waals surface area contributed by atoms with Crippen LogP contribution < -0.4 is 5.32 Å². The Morgan fingerprint density at radius 3 is 2.46 bits per heavy atom. The van der Waals surface area contributed by atoms with Crippen molar-refractivity contribution in [2.75, 3.05) is 13.1 Å². The summed E-state index contributed by atoms with van der Waals surface area (Å²) in [5.74, 6) is -0.117. The first-order valence-corrected chi connectivity index (χ1v) is 9.76. The summed E-state index contributed by atoms with van der Waals surface area (Å²) in [5.41, 5.74) is 2.18. The highest BCUT2D eigenvalue weighted by Crippen LogP contribution is 2.21. The minimum atomic E-state index is -0.523. The minimum Gasteiger partial charge on any atom is -0.444 e. The second-order valence-corrected chi connectivity index (χ2v) is 8.19. The number of ether oxygens (including phenoxy) is 1. The first-order chi connectivity index (χ1) is 13.3. The van der Waals surface area contributed by atoms with Gasteiger partial charge in [-0.1, -0.05) is 42.5 Å². The number of hydrogen-bond donors (Lipinski definition) is 1. The van der Waals surface area contributed by atoms with Gasteiger partial charge in [0.05, 0.1) is 0 Å². The second kappa shape index (κ2) is 8.46. The Labute approximate surface area is 166 Å². The number of nitrogens with zero attached hydrogens (tertiary/aromatic N) is 1. The lowest BCUT2D eigenvalue weighted by molar-refractivity contribution is 0.0185. The van der Waals surface area contributed by atoms with Crippen LogP contribution in [0, 0.1) is 0 Å². The van der Waals surface area contributed by atoms with Gasteiger partial charge in [-0.15, -0.1) is 0 Å². The molecule has 5 nitrogen and oxygen atoms in total. The topological polar surface area (TPSA) is 58.6 Å². The number of hydrogen-bond acceptors (Lipinski definition) is 3. The van der Waals surface area contributed by atoms with E-state index in [1.54, 1.807) is 4.90 Å². The van der Waals surface area contributed by atoms with Crippen LogP contribution >= 0.6 is 0 Å². The van der Waals surface area contributed by atoms with E-state index in [1.807, 2.05) is 75.4 Å². The van der Waals surface area contributed by atoms with Gasteiger partial charge >= 0.3 is 6.09 Å². The molecule has 1 N–H and O–H groups in total. The molecule has 1 unspecified atom stereocenters. The smallest absolute Gasteiger partial charge is 0.410 e. The molecule has 0 aliphatic carbocycles. The summed E-state index contributed by atoms with van der Waals surface area (Å²) in [6.45, 7) is 6.69. The lowest BCUT2D eigenvalue weighted by Gasteiger charge is -2.34. The molecule has 1 aliphatic rings. The fourth-order valence-electron chi connectivity index (χ4n) is 3.33. The molecule has 1 heterocycles. The predicted molar refractivity (Wildman–Crippen MR) is 110 cm³/mol. The van der Waals surface area contributed by atoms with Crippen molar-refractivity contribution in [1.82, 2.24) is 10.2 Å². The molecule has 0 aromatic heterocycles. The molecule has 1 fully saturated rings. The molecule has 1 aliphatic heterocycles. The maximum absolute atomic E-state index is 12.8. The molecule has 0 bridgehead atoms. The number of amides is 2. The molecule has 28 heavy (non-hydrogen) atoms. The number of likely N-dealkylation sites (tertiary alicyclic amines) is 1. The Morgan fingerprint density at radius 1 is 1.04 bits per heavy atom. The molecular formula is C23H28N2O3. The van der Waals surface area contributed by atoms with Crippen molar-refractivity contribution in [3.63, 3.8) is 0 Å². The van der Waals surface area contributed by atoms with Gasteiger partial charge in [0.15, 0.2) is 0 Å². The van der Waals surface area contributed by atoms with Crippen molar-refractivity contribution >= 4 is 12.0 Å². The first kappa shape index (κ1) is 19.9. The van der Waals surface area contributed by atoms with Crippen LogP contribution in [0.2, 0.25) is 0 Å². The van der Waals surface area contributed by atoms with E-state index in [-0.39, 0.29) is 18.0 Å². The van der Waals surface area contributed by atoms with Gasteiger partial charge in [0.1, 0.15) is 5.60 Å². The van der Waals surface area contributed by atoms with Crippen molar-refractivity contribution in [2.24, 2.45) is 0 Å². The summed E-state index contributed by atoms with van der Waals surface area (Å²) >= 11 is 0. The molecule has 1 saturated heterocycles. The van der Waals surface area contributed by atoms with E-state index in [0.717, 1.165) is 24.0 Å². The van der Waals surface area contributed by atoms with E-state index in [2.05, 4.69) is 5.32 Å². The van der Waals surface area contributed by atoms with E-state index in [0.29, 0.717) is 18.7 Å². The highest BCUT2D eigenvalue weighted by atomic mass is 16.6. The van der Waals surface area contributed by atoms with Crippen molar-refractivity contribution < 1.29 is 14.3 Å². The van der Waals surface area contributed by atoms with Crippen LogP contribution in [0.5, 0.6) is 0 Å². The number of piperidine rings is 1. The van der Waals surface area contributed by atoms with Gasteiger partial charge in [-0.2, -0.15) is 0 Å². The lowest BCUT2D eigenvalue weighted by atomic mass is 10.0. The SMILES string of the molecule is CC(C)(C)OC(=O)N1CCCC(NC(=O)c2cccc(-c3ccccc3)c2)C1. The zero-order valence-corrected chi connectivity index (χ0v) is 16.8. The predicted octanol–water partition coefficient (Wildman–Crippen LogP) is 4.48. The molecule has 2 amide bonds. The summed E-state index contributed by atoms with van der Waals surface area (Å²) < 4.78 is 5.45. The highest BCUT2D eigenvalue weighted by molar-refractivity contribution is 5.95. The summed E-state index contributed by atoms with van der Waals surface area (Å²) in [6, 6.07) is 17.5. The number of rotatable bonds is 3. The van der Waals surface area contributed by atoms with Gasteiger partial charge in [0, 0.05) is 24.7 Å². The van der Waals surface area contributed by atoms with E-state index < -0.39 is 5.60 Å². The molecule has 1 atom stereocenters. The maximum atomic E-state index is 12.8. The average Bonchev–Trinajstić information content (AvgIpc) is 2.68. The van der Waals surface area contributed by atoms with Crippen molar-refractivity contribution in [3.05, 3.63) is 60.2 Å². The quantitative estimate of drug-likeness (QED) is 0.854. The third-order valence-electron chi connectivity index (χ3n) is 4.64. The third-order valence-corrected chi connectivity index (χ3v) is 4.64. The fourth-order valence-corrected chi connectivity index (χ4v) is 3.33. The van der Waals surface area contributed by atoms with Crippen molar-refractivity contribution in [3.8, 4) is 11.1 Å². The van der Waals surface area contributed by atoms with Crippen LogP contribution in [0.25, 0.3) is 11.1 Å². The summed E-state index contributed by atoms with van der Waals surface area (Å²) in [6.07, 6.45) is 1.37. The first-order valence-electron chi connectivity index (χ1n) is 9.76. The normalized spacial score (nSPS) is 17.1. The molecule has 2 aromatic rings. The van der Waals surface area contributed by atoms with Crippen LogP contribution in [0.3, 0.4) is 0 Å². The maximum Gasteiger partial charge on any atom is 0.410 e. The van der Waals surface area contributed by atoms with Gasteiger partial charge in [0.25, 0.3) is 5.91 Å². The highest BCUT2D eigenvalue weighted by Gasteiger charge is 2.28. The van der Waals surface area contributed by atoms with Crippen molar-refractivity contribution in [2.45, 2.75) is 45.3 Å². The molecule has 0 saturated carbocycles. The van der Waals surface area contributed by atoms with E-state index in [4.69, 9.17) is 4.74 Å². The molecule has 3 rings (SSSR count). The number of benzene rings is 2. The summed E-state index contributed by atoms with van der Waals surface area (Å²) in [7, 11) is 0. The van der Waals surface area contributed by atoms with E-state index in [9.17, 15) is 9.59 Å². The van der Waals surface area contributed by atoms with Crippen LogP contribution in [-0.2, 0) is 4.74 Å². The van der Waals surface area contributed by atoms with Crippen LogP contribution in [-0.4, -0.2) is 41.6 Å². The minimum absolute atomic E-state index is 0.0749. The Balaban J connectivity index is 1.64. The van der Waals surface area contributed by atoms with Crippen molar-refractivity contribution in [1.29, 1.82) is 0 Å². The number of carbonyl (C=O) groups is 2. The van der Waals surface area contributed by atoms with Gasteiger partial charge in [-0.25, -0.2) is 4.79 Å². The standard InChI is InChI=1S/C23H28N2O3/c1-23(2,3)28-22(27)25-14-8-13-20(16-25)24-21(26)19-12-7-11-18(15-19)17-9-5-4-6-10-17/h4-7,9-12,15,20H,8,13-14,16H2,1-3H3,(H,24,26). The van der Waals surface area contributed by atoms with E-state index >= 15 is 0 Å². The van der Waals surface area contributed by atoms with Gasteiger partial charge in [0.2, 0.25) is 0 Å². The molecule has 0 radical (unpaired) electrons. The van der Waals surface area contributed by atoms with Gasteiger partial charge < -0.3 is 15.0 Å². The summed E-state index contributed by atoms with van der Waals surface area (Å²) in [5, 5.41) is 3.07. The van der Waals surface area contributed by atoms with Crippen LogP contribution in [0.15, 0.2) is 54.6 Å². The Kier molecular flexibility index (Phi) is 6.02. The molecule has 2 aromatic carbocycles. The number of nitrogens with one attached hydrogen (secondary N) is 1. The Bertz CT molecular complexity index is 827. The fraction of sp³-hybridized carbons (Fsp3) is 0.391. The number of carbonyl (C=O) groups excluding carboxylic acids is 2. The van der Waals surface area contributed by atoms with Gasteiger partial charge in [-0.05, 0) is 56.9 Å². The second-order valence-electron chi connectivity index (χ2n) is 8.19. The summed E-state index contributed by atoms with van der Waals surface area (Å²) in [4.78, 5) is 26.7. The Morgan fingerprint density at radius 2 is 1.75 bits per heavy atom. The van der Waals surface area contributed by atoms with Crippen LogP contribution in [0.4, 0.5) is 4.79 Å². The Hall–Kier alpha value is -2.82. The molecule has 0 spiro atoms. The lowest BCUT2D eigenvalue weighted by Crippen LogP contribution is -2.50. The average molecular weight is 380 g/mol. The molecule has 148 valence electrons. The zero-order valence-electron chi connectivity index (χ0n) is 16.8. The molecule has 5 heteroatoms. The van der Waals surface area contributed by atoms with E-state index in [1.165, 1.54) is 0 Å². The zero-order chi connectivity index (χ0) is 20.1. The molecular weight excluding hydrogens is 352 g/mol. The third kappa shape index (κ3) is 5.35. The van der Waals surface area contributed by atoms with Crippen LogP contribution in [0.1, 0.15) is 44.0 Å².